The van der Waals surface area contributed by atoms with Crippen molar-refractivity contribution in [3.05, 3.63) is 77.9 Å². The molecule has 25 heavy (non-hydrogen) atoms. The molecule has 0 saturated heterocycles. The Labute approximate surface area is 144 Å². The summed E-state index contributed by atoms with van der Waals surface area (Å²) in [4.78, 5) is 24.0. The van der Waals surface area contributed by atoms with Gasteiger partial charge in [-0.15, -0.1) is 0 Å². The molecular formula is C20H16N2O3. The summed E-state index contributed by atoms with van der Waals surface area (Å²) in [7, 11) is 0. The molecule has 2 amide bonds. The van der Waals surface area contributed by atoms with Crippen LogP contribution in [-0.4, -0.2) is 16.9 Å². The lowest BCUT2D eigenvalue weighted by Gasteiger charge is -2.17. The van der Waals surface area contributed by atoms with Crippen LogP contribution in [0.2, 0.25) is 0 Å². The number of carbonyl (C=O) groups is 2. The Hall–Kier alpha value is -3.60. The maximum absolute atomic E-state index is 12.0. The number of aromatic hydroxyl groups is 1. The van der Waals surface area contributed by atoms with Crippen LogP contribution in [0.3, 0.4) is 0 Å². The molecule has 0 aromatic heterocycles. The Morgan fingerprint density at radius 1 is 0.680 bits per heavy atom. The van der Waals surface area contributed by atoms with Crippen molar-refractivity contribution in [3.63, 3.8) is 0 Å². The average molecular weight is 332 g/mol. The van der Waals surface area contributed by atoms with Gasteiger partial charge in [0, 0.05) is 22.3 Å². The van der Waals surface area contributed by atoms with Gasteiger partial charge in [0.05, 0.1) is 0 Å². The smallest absolute Gasteiger partial charge is 0.249 e. The predicted molar refractivity (Wildman–Crippen MR) is 96.0 cm³/mol. The molecule has 124 valence electrons. The van der Waals surface area contributed by atoms with E-state index in [2.05, 4.69) is 0 Å². The molecule has 0 radical (unpaired) electrons. The summed E-state index contributed by atoms with van der Waals surface area (Å²) in [5, 5.41) is 9.84. The minimum absolute atomic E-state index is 0.0383. The van der Waals surface area contributed by atoms with E-state index in [9.17, 15) is 14.7 Å². The molecule has 0 aliphatic heterocycles. The molecule has 0 heterocycles. The third kappa shape index (κ3) is 3.07. The minimum atomic E-state index is -0.633. The molecule has 3 aromatic rings. The Bertz CT molecular complexity index is 966. The van der Waals surface area contributed by atoms with Crippen LogP contribution in [0.5, 0.6) is 5.75 Å². The zero-order valence-electron chi connectivity index (χ0n) is 13.3. The highest BCUT2D eigenvalue weighted by atomic mass is 16.3. The summed E-state index contributed by atoms with van der Waals surface area (Å²) < 4.78 is 0. The van der Waals surface area contributed by atoms with Crippen molar-refractivity contribution in [3.8, 4) is 28.0 Å². The van der Waals surface area contributed by atoms with Crippen molar-refractivity contribution in [2.75, 3.05) is 0 Å². The molecule has 3 rings (SSSR count). The number of benzene rings is 3. The highest BCUT2D eigenvalue weighted by Crippen LogP contribution is 2.38. The predicted octanol–water partition coefficient (Wildman–Crippen LogP) is 2.92. The van der Waals surface area contributed by atoms with E-state index >= 15 is 0 Å². The summed E-state index contributed by atoms with van der Waals surface area (Å²) in [6.07, 6.45) is 0. The lowest BCUT2D eigenvalue weighted by molar-refractivity contribution is 0.0989. The van der Waals surface area contributed by atoms with Crippen LogP contribution in [0.25, 0.3) is 22.3 Å². The Balaban J connectivity index is 2.46. The number of nitrogens with two attached hydrogens (primary N) is 2. The molecule has 0 spiro atoms. The first-order valence-corrected chi connectivity index (χ1v) is 7.60. The topological polar surface area (TPSA) is 106 Å². The lowest BCUT2D eigenvalue weighted by Crippen LogP contribution is -2.17. The third-order valence-corrected chi connectivity index (χ3v) is 3.93. The number of amides is 2. The van der Waals surface area contributed by atoms with E-state index in [-0.39, 0.29) is 16.9 Å². The number of phenolic OH excluding ortho intramolecular Hbond substituents is 1. The molecule has 0 bridgehead atoms. The summed E-state index contributed by atoms with van der Waals surface area (Å²) in [6, 6.07) is 18.5. The summed E-state index contributed by atoms with van der Waals surface area (Å²) in [6.45, 7) is 0. The van der Waals surface area contributed by atoms with Crippen LogP contribution in [0.4, 0.5) is 0 Å². The van der Waals surface area contributed by atoms with Crippen LogP contribution < -0.4 is 11.5 Å². The second kappa shape index (κ2) is 6.49. The van der Waals surface area contributed by atoms with Gasteiger partial charge in [0.25, 0.3) is 0 Å². The van der Waals surface area contributed by atoms with Gasteiger partial charge >= 0.3 is 0 Å². The molecule has 0 aliphatic rings. The fourth-order valence-corrected chi connectivity index (χ4v) is 2.88. The first-order valence-electron chi connectivity index (χ1n) is 7.60. The van der Waals surface area contributed by atoms with Gasteiger partial charge in [-0.3, -0.25) is 9.59 Å². The van der Waals surface area contributed by atoms with E-state index in [1.807, 2.05) is 30.3 Å². The van der Waals surface area contributed by atoms with E-state index in [0.717, 1.165) is 5.56 Å². The highest BCUT2D eigenvalue weighted by Gasteiger charge is 2.21. The van der Waals surface area contributed by atoms with Crippen LogP contribution in [0.15, 0.2) is 66.7 Å². The van der Waals surface area contributed by atoms with E-state index < -0.39 is 11.8 Å². The fourth-order valence-electron chi connectivity index (χ4n) is 2.88. The van der Waals surface area contributed by atoms with E-state index in [0.29, 0.717) is 16.7 Å². The molecule has 0 aliphatic carbocycles. The third-order valence-electron chi connectivity index (χ3n) is 3.93. The van der Waals surface area contributed by atoms with E-state index in [4.69, 9.17) is 11.5 Å². The zero-order chi connectivity index (χ0) is 18.0. The van der Waals surface area contributed by atoms with Crippen molar-refractivity contribution in [2.24, 2.45) is 11.5 Å². The zero-order valence-corrected chi connectivity index (χ0v) is 13.3. The van der Waals surface area contributed by atoms with Crippen LogP contribution in [-0.2, 0) is 0 Å². The maximum atomic E-state index is 12.0. The molecule has 5 nitrogen and oxygen atoms in total. The molecular weight excluding hydrogens is 316 g/mol. The number of primary amides is 2. The SMILES string of the molecule is NC(=O)c1ccc(C(N)=O)c(-c2cccc(O)c2)c1-c1ccccc1. The molecule has 0 unspecified atom stereocenters. The quantitative estimate of drug-likeness (QED) is 0.683. The fraction of sp³-hybridized carbons (Fsp3) is 0. The van der Waals surface area contributed by atoms with E-state index in [1.54, 1.807) is 12.1 Å². The standard InChI is InChI=1S/C20H16N2O3/c21-19(24)15-9-10-16(20(22)25)18(13-7-4-8-14(23)11-13)17(15)12-5-2-1-3-6-12/h1-11,23H,(H2,21,24)(H2,22,25). The summed E-state index contributed by atoms with van der Waals surface area (Å²) in [5.74, 6) is -1.21. The van der Waals surface area contributed by atoms with Crippen LogP contribution in [0, 0.1) is 0 Å². The molecule has 0 saturated carbocycles. The first kappa shape index (κ1) is 16.3. The van der Waals surface area contributed by atoms with Gasteiger partial charge in [0.15, 0.2) is 0 Å². The summed E-state index contributed by atoms with van der Waals surface area (Å²) in [5.41, 5.74) is 13.9. The van der Waals surface area contributed by atoms with Gasteiger partial charge in [-0.05, 0) is 35.4 Å². The Morgan fingerprint density at radius 2 is 1.20 bits per heavy atom. The number of phenols is 1. The van der Waals surface area contributed by atoms with Crippen LogP contribution >= 0.6 is 0 Å². The molecule has 5 N–H and O–H groups in total. The van der Waals surface area contributed by atoms with Gasteiger partial charge in [-0.1, -0.05) is 42.5 Å². The average Bonchev–Trinajstić information content (AvgIpc) is 2.61. The van der Waals surface area contributed by atoms with Crippen molar-refractivity contribution in [1.82, 2.24) is 0 Å². The van der Waals surface area contributed by atoms with E-state index in [1.165, 1.54) is 24.3 Å². The normalized spacial score (nSPS) is 10.4. The van der Waals surface area contributed by atoms with Crippen molar-refractivity contribution in [2.45, 2.75) is 0 Å². The number of hydrogen-bond donors (Lipinski definition) is 3. The maximum Gasteiger partial charge on any atom is 0.249 e. The second-order valence-corrected chi connectivity index (χ2v) is 5.56. The Kier molecular flexibility index (Phi) is 4.22. The molecule has 5 heteroatoms. The monoisotopic (exact) mass is 332 g/mol. The highest BCUT2D eigenvalue weighted by molar-refractivity contribution is 6.10. The first-order chi connectivity index (χ1) is 12.0. The molecule has 0 fully saturated rings. The number of rotatable bonds is 4. The van der Waals surface area contributed by atoms with Gasteiger partial charge in [-0.25, -0.2) is 0 Å². The Morgan fingerprint density at radius 3 is 1.72 bits per heavy atom. The van der Waals surface area contributed by atoms with Gasteiger partial charge in [0.1, 0.15) is 5.75 Å². The van der Waals surface area contributed by atoms with Crippen LogP contribution in [0.1, 0.15) is 20.7 Å². The molecule has 0 atom stereocenters. The number of carbonyl (C=O) groups excluding carboxylic acids is 2. The van der Waals surface area contributed by atoms with Gasteiger partial charge in [0.2, 0.25) is 11.8 Å². The lowest BCUT2D eigenvalue weighted by atomic mass is 9.86. The van der Waals surface area contributed by atoms with Crippen molar-refractivity contribution in [1.29, 1.82) is 0 Å². The summed E-state index contributed by atoms with van der Waals surface area (Å²) >= 11 is 0. The molecule has 3 aromatic carbocycles. The minimum Gasteiger partial charge on any atom is -0.508 e. The van der Waals surface area contributed by atoms with Crippen molar-refractivity contribution >= 4 is 11.8 Å². The second-order valence-electron chi connectivity index (χ2n) is 5.56. The van der Waals surface area contributed by atoms with Gasteiger partial charge in [-0.2, -0.15) is 0 Å². The number of hydrogen-bond acceptors (Lipinski definition) is 3. The van der Waals surface area contributed by atoms with Crippen molar-refractivity contribution < 1.29 is 14.7 Å². The van der Waals surface area contributed by atoms with Gasteiger partial charge < -0.3 is 16.6 Å². The largest absolute Gasteiger partial charge is 0.508 e.